The maximum absolute atomic E-state index is 12.7. The highest BCUT2D eigenvalue weighted by atomic mass is 32.1. The molecule has 126 valence electrons. The van der Waals surface area contributed by atoms with E-state index in [2.05, 4.69) is 51.1 Å². The summed E-state index contributed by atoms with van der Waals surface area (Å²) in [6.45, 7) is 6.78. The molecule has 0 saturated heterocycles. The third-order valence-corrected chi connectivity index (χ3v) is 5.06. The van der Waals surface area contributed by atoms with E-state index in [0.29, 0.717) is 12.1 Å². The number of hydrogen-bond acceptors (Lipinski definition) is 4. The van der Waals surface area contributed by atoms with Gasteiger partial charge in [0.2, 0.25) is 0 Å². The molecule has 6 heteroatoms. The van der Waals surface area contributed by atoms with E-state index in [9.17, 15) is 4.79 Å². The highest BCUT2D eigenvalue weighted by Gasteiger charge is 2.20. The van der Waals surface area contributed by atoms with Gasteiger partial charge in [-0.15, -0.1) is 0 Å². The number of rotatable bonds is 7. The Kier molecular flexibility index (Phi) is 5.27. The molecule has 0 saturated carbocycles. The lowest BCUT2D eigenvalue weighted by atomic mass is 10.1. The Bertz CT molecular complexity index is 792. The Morgan fingerprint density at radius 2 is 2.17 bits per heavy atom. The van der Waals surface area contributed by atoms with Crippen LogP contribution in [-0.4, -0.2) is 40.6 Å². The fourth-order valence-corrected chi connectivity index (χ4v) is 3.74. The maximum atomic E-state index is 12.7. The monoisotopic (exact) mass is 342 g/mol. The van der Waals surface area contributed by atoms with Crippen molar-refractivity contribution in [3.8, 4) is 0 Å². The van der Waals surface area contributed by atoms with Crippen molar-refractivity contribution in [2.75, 3.05) is 19.6 Å². The van der Waals surface area contributed by atoms with Crippen LogP contribution in [0.3, 0.4) is 0 Å². The molecule has 0 spiro atoms. The number of nitrogens with zero attached hydrogens (tertiary/aromatic N) is 2. The number of amides is 1. The van der Waals surface area contributed by atoms with E-state index in [1.165, 1.54) is 5.56 Å². The van der Waals surface area contributed by atoms with Crippen molar-refractivity contribution in [1.29, 1.82) is 0 Å². The molecule has 0 fully saturated rings. The molecule has 24 heavy (non-hydrogen) atoms. The molecule has 0 aliphatic carbocycles. The van der Waals surface area contributed by atoms with Crippen molar-refractivity contribution in [3.63, 3.8) is 0 Å². The number of aromatic amines is 1. The van der Waals surface area contributed by atoms with Gasteiger partial charge in [0, 0.05) is 11.9 Å². The number of benzene rings is 1. The lowest BCUT2D eigenvalue weighted by Gasteiger charge is -2.29. The van der Waals surface area contributed by atoms with Gasteiger partial charge in [-0.2, -0.15) is 16.4 Å². The van der Waals surface area contributed by atoms with Gasteiger partial charge in [0.25, 0.3) is 5.91 Å². The maximum Gasteiger partial charge on any atom is 0.253 e. The summed E-state index contributed by atoms with van der Waals surface area (Å²) in [5.74, 6) is -0.0720. The second kappa shape index (κ2) is 7.59. The molecule has 2 heterocycles. The molecule has 0 aliphatic rings. The summed E-state index contributed by atoms with van der Waals surface area (Å²) in [6.07, 6.45) is 1.73. The predicted molar refractivity (Wildman–Crippen MR) is 98.4 cm³/mol. The van der Waals surface area contributed by atoms with Gasteiger partial charge in [0.15, 0.2) is 0 Å². The minimum atomic E-state index is -0.0720. The summed E-state index contributed by atoms with van der Waals surface area (Å²) in [5, 5.41) is 15.2. The highest BCUT2D eigenvalue weighted by Crippen LogP contribution is 2.22. The number of nitrogens with one attached hydrogen (secondary N) is 2. The summed E-state index contributed by atoms with van der Waals surface area (Å²) < 4.78 is 0. The van der Waals surface area contributed by atoms with Crippen LogP contribution >= 0.6 is 11.3 Å². The number of H-pyrrole nitrogens is 1. The van der Waals surface area contributed by atoms with Crippen molar-refractivity contribution in [3.05, 3.63) is 52.3 Å². The van der Waals surface area contributed by atoms with Crippen LogP contribution in [0.15, 0.2) is 41.2 Å². The molecule has 1 amide bonds. The van der Waals surface area contributed by atoms with E-state index in [0.717, 1.165) is 24.0 Å². The zero-order valence-corrected chi connectivity index (χ0v) is 14.8. The smallest absolute Gasteiger partial charge is 0.253 e. The first-order valence-electron chi connectivity index (χ1n) is 8.21. The average Bonchev–Trinajstić information content (AvgIpc) is 3.29. The third kappa shape index (κ3) is 3.34. The molecule has 3 rings (SSSR count). The zero-order chi connectivity index (χ0) is 16.9. The van der Waals surface area contributed by atoms with Crippen LogP contribution in [0.4, 0.5) is 0 Å². The fraction of sp³-hybridized carbons (Fsp3) is 0.333. The molecule has 0 aliphatic heterocycles. The summed E-state index contributed by atoms with van der Waals surface area (Å²) in [5.41, 5.74) is 2.67. The molecule has 1 aromatic carbocycles. The Hall–Kier alpha value is -2.18. The Labute approximate surface area is 145 Å². The van der Waals surface area contributed by atoms with Crippen LogP contribution in [0, 0.1) is 0 Å². The number of fused-ring (bicyclic) bond motifs is 1. The molecule has 0 bridgehead atoms. The molecule has 2 N–H and O–H groups in total. The van der Waals surface area contributed by atoms with Crippen molar-refractivity contribution in [1.82, 2.24) is 20.4 Å². The van der Waals surface area contributed by atoms with Crippen molar-refractivity contribution < 1.29 is 4.79 Å². The van der Waals surface area contributed by atoms with Crippen LogP contribution in [0.5, 0.6) is 0 Å². The van der Waals surface area contributed by atoms with Gasteiger partial charge < -0.3 is 5.32 Å². The number of aromatic nitrogens is 2. The summed E-state index contributed by atoms with van der Waals surface area (Å²) in [4.78, 5) is 15.0. The van der Waals surface area contributed by atoms with Gasteiger partial charge in [-0.3, -0.25) is 14.8 Å². The molecule has 0 unspecified atom stereocenters. The van der Waals surface area contributed by atoms with Gasteiger partial charge in [-0.05, 0) is 41.5 Å². The van der Waals surface area contributed by atoms with Crippen molar-refractivity contribution >= 4 is 28.1 Å². The first-order valence-corrected chi connectivity index (χ1v) is 9.15. The van der Waals surface area contributed by atoms with Gasteiger partial charge >= 0.3 is 0 Å². The Morgan fingerprint density at radius 3 is 2.88 bits per heavy atom. The fourth-order valence-electron chi connectivity index (χ4n) is 3.03. The molecule has 0 radical (unpaired) electrons. The van der Waals surface area contributed by atoms with Crippen molar-refractivity contribution in [2.45, 2.75) is 19.9 Å². The summed E-state index contributed by atoms with van der Waals surface area (Å²) >= 11 is 1.69. The molecular weight excluding hydrogens is 320 g/mol. The van der Waals surface area contributed by atoms with E-state index in [-0.39, 0.29) is 11.9 Å². The Morgan fingerprint density at radius 1 is 1.33 bits per heavy atom. The second-order valence-electron chi connectivity index (χ2n) is 5.64. The Balaban J connectivity index is 1.77. The van der Waals surface area contributed by atoms with E-state index in [4.69, 9.17) is 0 Å². The molecule has 5 nitrogen and oxygen atoms in total. The quantitative estimate of drug-likeness (QED) is 0.691. The molecule has 1 atom stereocenters. The molecule has 3 aromatic rings. The summed E-state index contributed by atoms with van der Waals surface area (Å²) in [6, 6.07) is 7.98. The predicted octanol–water partition coefficient (Wildman–Crippen LogP) is 3.44. The number of carbonyl (C=O) groups excluding carboxylic acids is 1. The van der Waals surface area contributed by atoms with Gasteiger partial charge in [0.1, 0.15) is 0 Å². The molecule has 2 aromatic heterocycles. The standard InChI is InChI=1S/C18H22N4OS/c1-3-22(4-2)16(14-8-9-24-12-14)11-19-18(23)15-7-5-6-13-10-20-21-17(13)15/h5-10,12,16H,3-4,11H2,1-2H3,(H,19,23)(H,20,21)/t16-/m0/s1. The van der Waals surface area contributed by atoms with E-state index in [1.807, 2.05) is 18.2 Å². The lowest BCUT2D eigenvalue weighted by molar-refractivity contribution is 0.0936. The SMILES string of the molecule is CCN(CC)[C@@H](CNC(=O)c1cccc2cn[nH]c12)c1ccsc1. The largest absolute Gasteiger partial charge is 0.350 e. The third-order valence-electron chi connectivity index (χ3n) is 4.36. The van der Waals surface area contributed by atoms with Crippen LogP contribution in [0.1, 0.15) is 35.8 Å². The number of thiophene rings is 1. The van der Waals surface area contributed by atoms with Gasteiger partial charge in [0.05, 0.1) is 23.3 Å². The first kappa shape index (κ1) is 16.7. The number of hydrogen-bond donors (Lipinski definition) is 2. The minimum Gasteiger partial charge on any atom is -0.350 e. The second-order valence-corrected chi connectivity index (χ2v) is 6.42. The number of carbonyl (C=O) groups is 1. The van der Waals surface area contributed by atoms with E-state index in [1.54, 1.807) is 17.5 Å². The topological polar surface area (TPSA) is 61.0 Å². The normalized spacial score (nSPS) is 12.6. The zero-order valence-electron chi connectivity index (χ0n) is 14.0. The number of likely N-dealkylation sites (N-methyl/N-ethyl adjacent to an activating group) is 1. The summed E-state index contributed by atoms with van der Waals surface area (Å²) in [7, 11) is 0. The van der Waals surface area contributed by atoms with Gasteiger partial charge in [-0.1, -0.05) is 26.0 Å². The van der Waals surface area contributed by atoms with Crippen molar-refractivity contribution in [2.24, 2.45) is 0 Å². The van der Waals surface area contributed by atoms with Crippen LogP contribution in [-0.2, 0) is 0 Å². The van der Waals surface area contributed by atoms with Crippen LogP contribution < -0.4 is 5.32 Å². The van der Waals surface area contributed by atoms with E-state index < -0.39 is 0 Å². The number of para-hydroxylation sites is 1. The lowest BCUT2D eigenvalue weighted by Crippen LogP contribution is -2.38. The highest BCUT2D eigenvalue weighted by molar-refractivity contribution is 7.07. The van der Waals surface area contributed by atoms with Gasteiger partial charge in [-0.25, -0.2) is 0 Å². The minimum absolute atomic E-state index is 0.0720. The van der Waals surface area contributed by atoms with Crippen LogP contribution in [0.25, 0.3) is 10.9 Å². The average molecular weight is 342 g/mol. The van der Waals surface area contributed by atoms with E-state index >= 15 is 0 Å². The van der Waals surface area contributed by atoms with Crippen LogP contribution in [0.2, 0.25) is 0 Å². The molecular formula is C18H22N4OS. The first-order chi connectivity index (χ1) is 11.7.